The maximum Gasteiger partial charge on any atom is 0.238 e. The van der Waals surface area contributed by atoms with Crippen molar-refractivity contribution in [3.63, 3.8) is 0 Å². The number of likely N-dealkylation sites (N-methyl/N-ethyl adjacent to an activating group) is 1. The van der Waals surface area contributed by atoms with Crippen LogP contribution in [0.4, 0.5) is 16.6 Å². The summed E-state index contributed by atoms with van der Waals surface area (Å²) in [6.07, 6.45) is 3.22. The molecule has 0 aliphatic rings. The Morgan fingerprint density at radius 3 is 2.31 bits per heavy atom. The first kappa shape index (κ1) is 30.7. The number of carbonyl (C=O) groups is 2. The summed E-state index contributed by atoms with van der Waals surface area (Å²) in [5.74, 6) is 0.237. The number of hydrogen-bond donors (Lipinski definition) is 4. The molecular formula is C30H36N8O3S. The van der Waals surface area contributed by atoms with Crippen LogP contribution in [0.5, 0.6) is 0 Å². The van der Waals surface area contributed by atoms with Gasteiger partial charge >= 0.3 is 0 Å². The van der Waals surface area contributed by atoms with E-state index in [2.05, 4.69) is 36.3 Å². The van der Waals surface area contributed by atoms with Crippen molar-refractivity contribution >= 4 is 39.8 Å². The van der Waals surface area contributed by atoms with Gasteiger partial charge in [0.2, 0.25) is 16.9 Å². The lowest BCUT2D eigenvalue weighted by Gasteiger charge is -2.13. The van der Waals surface area contributed by atoms with Crippen LogP contribution in [0.25, 0.3) is 0 Å². The molecule has 0 spiro atoms. The summed E-state index contributed by atoms with van der Waals surface area (Å²) in [5, 5.41) is 37.3. The van der Waals surface area contributed by atoms with E-state index in [4.69, 9.17) is 0 Å². The first-order valence-electron chi connectivity index (χ1n) is 13.8. The van der Waals surface area contributed by atoms with Crippen LogP contribution >= 0.6 is 11.3 Å². The minimum Gasteiger partial charge on any atom is -0.373 e. The number of aromatic nitrogens is 4. The SMILES string of the molecule is CN(C)CC(=O)Nc1ccc(CC(O)Nc2nnc(CCCCc3ccc(NC(=O)Cc4ccccc4)nn3)s2)cc1. The van der Waals surface area contributed by atoms with Gasteiger partial charge in [0.1, 0.15) is 11.2 Å². The summed E-state index contributed by atoms with van der Waals surface area (Å²) in [7, 11) is 3.68. The molecule has 4 rings (SSSR count). The van der Waals surface area contributed by atoms with Gasteiger partial charge in [-0.15, -0.1) is 15.3 Å². The number of anilines is 3. The van der Waals surface area contributed by atoms with E-state index >= 15 is 0 Å². The number of nitrogens with zero attached hydrogens (tertiary/aromatic N) is 5. The molecule has 2 aromatic carbocycles. The standard InChI is InChI=1S/C30H36N8O3S/c1-38(2)20-28(41)31-23-14-12-22(13-15-23)19-27(40)33-30-37-36-29(42-30)11-7-6-10-24-16-17-25(35-34-24)32-26(39)18-21-8-4-3-5-9-21/h3-5,8-9,12-17,27,40H,6-7,10-11,18-20H2,1-2H3,(H,31,41)(H,33,37)(H,32,35,39). The van der Waals surface area contributed by atoms with Gasteiger partial charge in [-0.3, -0.25) is 9.59 Å². The van der Waals surface area contributed by atoms with E-state index in [0.717, 1.165) is 47.5 Å². The average molecular weight is 589 g/mol. The second-order valence-electron chi connectivity index (χ2n) is 10.2. The molecule has 1 atom stereocenters. The largest absolute Gasteiger partial charge is 0.373 e. The normalized spacial score (nSPS) is 11.7. The Labute approximate surface area is 249 Å². The Kier molecular flexibility index (Phi) is 11.4. The molecule has 4 aromatic rings. The number of carbonyl (C=O) groups excluding carboxylic acids is 2. The van der Waals surface area contributed by atoms with Crippen LogP contribution < -0.4 is 16.0 Å². The zero-order valence-corrected chi connectivity index (χ0v) is 24.6. The van der Waals surface area contributed by atoms with Crippen LogP contribution in [0.3, 0.4) is 0 Å². The quantitative estimate of drug-likeness (QED) is 0.121. The number of aliphatic hydroxyl groups is 1. The van der Waals surface area contributed by atoms with Gasteiger partial charge in [0.25, 0.3) is 0 Å². The fraction of sp³-hybridized carbons (Fsp3) is 0.333. The Balaban J connectivity index is 1.13. The van der Waals surface area contributed by atoms with Crippen molar-refractivity contribution in [2.75, 3.05) is 36.6 Å². The van der Waals surface area contributed by atoms with E-state index in [1.54, 1.807) is 11.0 Å². The van der Waals surface area contributed by atoms with Crippen molar-refractivity contribution < 1.29 is 14.7 Å². The monoisotopic (exact) mass is 588 g/mol. The van der Waals surface area contributed by atoms with Gasteiger partial charge in [0, 0.05) is 18.5 Å². The highest BCUT2D eigenvalue weighted by molar-refractivity contribution is 7.15. The number of aliphatic hydroxyl groups excluding tert-OH is 1. The minimum absolute atomic E-state index is 0.0779. The minimum atomic E-state index is -0.815. The molecule has 0 aliphatic carbocycles. The molecule has 0 radical (unpaired) electrons. The van der Waals surface area contributed by atoms with Crippen molar-refractivity contribution in [2.45, 2.75) is 44.8 Å². The third-order valence-electron chi connectivity index (χ3n) is 6.15. The predicted octanol–water partition coefficient (Wildman–Crippen LogP) is 3.55. The topological polar surface area (TPSA) is 145 Å². The molecule has 220 valence electrons. The smallest absolute Gasteiger partial charge is 0.238 e. The number of nitrogens with one attached hydrogen (secondary N) is 3. The molecule has 0 saturated carbocycles. The van der Waals surface area contributed by atoms with Gasteiger partial charge in [-0.1, -0.05) is 53.8 Å². The number of hydrogen-bond acceptors (Lipinski definition) is 10. The summed E-state index contributed by atoms with van der Waals surface area (Å²) >= 11 is 1.43. The molecule has 2 aromatic heterocycles. The van der Waals surface area contributed by atoms with Crippen LogP contribution in [0.1, 0.15) is 34.7 Å². The highest BCUT2D eigenvalue weighted by Gasteiger charge is 2.11. The Bertz CT molecular complexity index is 1410. The number of aryl methyl sites for hydroxylation is 2. The highest BCUT2D eigenvalue weighted by Crippen LogP contribution is 2.19. The van der Waals surface area contributed by atoms with Gasteiger partial charge in [-0.2, -0.15) is 5.10 Å². The summed E-state index contributed by atoms with van der Waals surface area (Å²) in [6, 6.07) is 20.6. The number of rotatable bonds is 15. The number of amides is 2. The van der Waals surface area contributed by atoms with Gasteiger partial charge in [0.15, 0.2) is 5.82 Å². The van der Waals surface area contributed by atoms with Gasteiger partial charge in [-0.05, 0) is 68.8 Å². The third kappa shape index (κ3) is 10.6. The molecule has 11 nitrogen and oxygen atoms in total. The fourth-order valence-corrected chi connectivity index (χ4v) is 4.98. The maximum absolute atomic E-state index is 12.2. The molecule has 4 N–H and O–H groups in total. The van der Waals surface area contributed by atoms with Gasteiger partial charge in [-0.25, -0.2) is 0 Å². The van der Waals surface area contributed by atoms with Crippen molar-refractivity contribution in [1.82, 2.24) is 25.3 Å². The Morgan fingerprint density at radius 2 is 1.60 bits per heavy atom. The zero-order valence-electron chi connectivity index (χ0n) is 23.8. The van der Waals surface area contributed by atoms with Crippen LogP contribution in [0.15, 0.2) is 66.7 Å². The molecule has 12 heteroatoms. The predicted molar refractivity (Wildman–Crippen MR) is 164 cm³/mol. The van der Waals surface area contributed by atoms with Crippen molar-refractivity contribution in [2.24, 2.45) is 0 Å². The van der Waals surface area contributed by atoms with Crippen molar-refractivity contribution in [1.29, 1.82) is 0 Å². The first-order chi connectivity index (χ1) is 20.3. The lowest BCUT2D eigenvalue weighted by atomic mass is 10.1. The van der Waals surface area contributed by atoms with Crippen LogP contribution in [-0.4, -0.2) is 69.1 Å². The summed E-state index contributed by atoms with van der Waals surface area (Å²) < 4.78 is 0. The Morgan fingerprint density at radius 1 is 0.833 bits per heavy atom. The van der Waals surface area contributed by atoms with E-state index in [0.29, 0.717) is 36.0 Å². The molecule has 0 fully saturated rings. The molecule has 2 amide bonds. The van der Waals surface area contributed by atoms with Crippen LogP contribution in [-0.2, 0) is 35.3 Å². The maximum atomic E-state index is 12.2. The fourth-order valence-electron chi connectivity index (χ4n) is 4.15. The van der Waals surface area contributed by atoms with Gasteiger partial charge in [0.05, 0.1) is 18.7 Å². The molecule has 0 bridgehead atoms. The number of benzene rings is 2. The lowest BCUT2D eigenvalue weighted by Crippen LogP contribution is -2.27. The number of unbranched alkanes of at least 4 members (excludes halogenated alkanes) is 1. The van der Waals surface area contributed by atoms with E-state index in [1.165, 1.54) is 11.3 Å². The molecule has 1 unspecified atom stereocenters. The highest BCUT2D eigenvalue weighted by atomic mass is 32.1. The molecule has 42 heavy (non-hydrogen) atoms. The molecule has 0 saturated heterocycles. The molecular weight excluding hydrogens is 552 g/mol. The van der Waals surface area contributed by atoms with E-state index in [9.17, 15) is 14.7 Å². The zero-order chi connectivity index (χ0) is 29.7. The van der Waals surface area contributed by atoms with Gasteiger partial charge < -0.3 is 26.0 Å². The summed E-state index contributed by atoms with van der Waals surface area (Å²) in [5.41, 5.74) is 3.45. The lowest BCUT2D eigenvalue weighted by molar-refractivity contribution is -0.117. The third-order valence-corrected chi connectivity index (χ3v) is 7.07. The van der Waals surface area contributed by atoms with E-state index in [-0.39, 0.29) is 11.8 Å². The average Bonchev–Trinajstić information content (AvgIpc) is 3.40. The second kappa shape index (κ2) is 15.7. The summed E-state index contributed by atoms with van der Waals surface area (Å²) in [4.78, 5) is 25.9. The first-order valence-corrected chi connectivity index (χ1v) is 14.6. The second-order valence-corrected chi connectivity index (χ2v) is 11.2. The van der Waals surface area contributed by atoms with Crippen LogP contribution in [0, 0.1) is 0 Å². The van der Waals surface area contributed by atoms with Crippen LogP contribution in [0.2, 0.25) is 0 Å². The van der Waals surface area contributed by atoms with Crippen molar-refractivity contribution in [3.05, 3.63) is 88.6 Å². The van der Waals surface area contributed by atoms with E-state index in [1.807, 2.05) is 74.8 Å². The van der Waals surface area contributed by atoms with E-state index < -0.39 is 6.23 Å². The summed E-state index contributed by atoms with van der Waals surface area (Å²) in [6.45, 7) is 0.314. The Hall–Kier alpha value is -4.26. The molecule has 0 aliphatic heterocycles. The molecule has 2 heterocycles. The van der Waals surface area contributed by atoms with Crippen molar-refractivity contribution in [3.8, 4) is 0 Å².